The molecule has 2 aliphatic heterocycles. The zero-order valence-corrected chi connectivity index (χ0v) is 34.1. The van der Waals surface area contributed by atoms with Crippen molar-refractivity contribution in [2.45, 2.75) is 178 Å². The number of ether oxygens (including phenoxy) is 6. The molecule has 0 bridgehead atoms. The van der Waals surface area contributed by atoms with Crippen molar-refractivity contribution in [1.82, 2.24) is 0 Å². The summed E-state index contributed by atoms with van der Waals surface area (Å²) in [5.41, 5.74) is 0.851. The van der Waals surface area contributed by atoms with E-state index < -0.39 is 109 Å². The van der Waals surface area contributed by atoms with Crippen LogP contribution in [0.25, 0.3) is 0 Å². The Morgan fingerprint density at radius 1 is 0.732 bits per heavy atom. The fourth-order valence-corrected chi connectivity index (χ4v) is 12.0. The van der Waals surface area contributed by atoms with Crippen molar-refractivity contribution in [2.24, 2.45) is 40.4 Å². The van der Waals surface area contributed by atoms with Crippen LogP contribution in [0.2, 0.25) is 0 Å². The lowest BCUT2D eigenvalue weighted by Gasteiger charge is -2.60. The number of aliphatic hydroxyl groups excluding tert-OH is 9. The molecule has 3 saturated carbocycles. The van der Waals surface area contributed by atoms with E-state index in [0.717, 1.165) is 43.3 Å². The van der Waals surface area contributed by atoms with Gasteiger partial charge in [0.05, 0.1) is 37.6 Å². The lowest BCUT2D eigenvalue weighted by atomic mass is 9.47. The normalized spacial score (nSPS) is 48.2. The first-order valence-corrected chi connectivity index (χ1v) is 20.9. The van der Waals surface area contributed by atoms with Gasteiger partial charge >= 0.3 is 0 Å². The van der Waals surface area contributed by atoms with Gasteiger partial charge in [0.15, 0.2) is 12.6 Å². The first kappa shape index (κ1) is 44.7. The lowest BCUT2D eigenvalue weighted by molar-refractivity contribution is -0.226. The maximum atomic E-state index is 11.9. The number of methoxy groups -OCH3 is 2. The van der Waals surface area contributed by atoms with Crippen LogP contribution < -0.4 is 0 Å². The molecule has 0 aromatic carbocycles. The fraction of sp³-hybridized carbons (Fsp3) is 0.951. The molecule has 0 aromatic heterocycles. The van der Waals surface area contributed by atoms with Gasteiger partial charge < -0.3 is 74.4 Å². The molecule has 9 N–H and O–H groups in total. The molecule has 21 atom stereocenters. The van der Waals surface area contributed by atoms with Crippen LogP contribution in [0.1, 0.15) is 86.0 Å². The highest BCUT2D eigenvalue weighted by atomic mass is 16.8. The first-order chi connectivity index (χ1) is 26.4. The van der Waals surface area contributed by atoms with Crippen LogP contribution in [0, 0.1) is 40.4 Å². The monoisotopic (exact) mass is 802 g/mol. The molecule has 0 spiro atoms. The Hall–Kier alpha value is -0.860. The van der Waals surface area contributed by atoms with E-state index in [9.17, 15) is 46.0 Å². The fourth-order valence-electron chi connectivity index (χ4n) is 12.0. The minimum Gasteiger partial charge on any atom is -0.390 e. The van der Waals surface area contributed by atoms with Gasteiger partial charge in [0.1, 0.15) is 54.9 Å². The highest BCUT2D eigenvalue weighted by molar-refractivity contribution is 5.40. The Kier molecular flexibility index (Phi) is 14.1. The SMILES string of the molecule is COC[C@@H](O)[C@@H]1O[C@@H](O[C@H]2[C@@H](O)[C@H](O[C@@H]3CC4=C5[C@@H](O)[C@@H](O)[C@H]6[C@@H](O)[C@@H](O)CC[C@]6(C)[C@H]5CC[C@]4(C)[C@H]3[C@H](C)CCCC(C)C)O[C@H]2[C@H](O)COC)[C@H](O)[C@@H]1O. The summed E-state index contributed by atoms with van der Waals surface area (Å²) in [7, 11) is 2.78. The highest BCUT2D eigenvalue weighted by Gasteiger charge is 2.65. The molecule has 15 heteroatoms. The van der Waals surface area contributed by atoms with Gasteiger partial charge in [-0.1, -0.05) is 59.5 Å². The van der Waals surface area contributed by atoms with E-state index in [1.54, 1.807) is 0 Å². The minimum absolute atomic E-state index is 0.0805. The van der Waals surface area contributed by atoms with E-state index in [0.29, 0.717) is 25.2 Å². The summed E-state index contributed by atoms with van der Waals surface area (Å²) in [5, 5.41) is 100. The predicted molar refractivity (Wildman–Crippen MR) is 200 cm³/mol. The first-order valence-electron chi connectivity index (χ1n) is 20.9. The zero-order chi connectivity index (χ0) is 41.0. The van der Waals surface area contributed by atoms with Crippen molar-refractivity contribution in [3.05, 3.63) is 11.1 Å². The molecule has 4 aliphatic carbocycles. The Balaban J connectivity index is 1.31. The van der Waals surface area contributed by atoms with E-state index in [1.165, 1.54) is 14.2 Å². The Morgan fingerprint density at radius 3 is 2.00 bits per heavy atom. The summed E-state index contributed by atoms with van der Waals surface area (Å²) in [6.07, 6.45) is -12.9. The van der Waals surface area contributed by atoms with E-state index in [-0.39, 0.29) is 31.0 Å². The molecule has 0 radical (unpaired) electrons. The average Bonchev–Trinajstić information content (AvgIpc) is 3.72. The van der Waals surface area contributed by atoms with Gasteiger partial charge in [-0.25, -0.2) is 0 Å². The molecule has 0 unspecified atom stereocenters. The lowest BCUT2D eigenvalue weighted by Crippen LogP contribution is -2.63. The Bertz CT molecular complexity index is 1350. The molecule has 2 heterocycles. The molecule has 5 fully saturated rings. The molecule has 15 nitrogen and oxygen atoms in total. The van der Waals surface area contributed by atoms with E-state index in [1.807, 2.05) is 0 Å². The summed E-state index contributed by atoms with van der Waals surface area (Å²) in [6, 6.07) is 0. The quantitative estimate of drug-likeness (QED) is 0.102. The number of hydrogen-bond acceptors (Lipinski definition) is 15. The molecular weight excluding hydrogens is 732 g/mol. The maximum absolute atomic E-state index is 11.9. The molecule has 6 rings (SSSR count). The second-order valence-electron chi connectivity index (χ2n) is 18.8. The molecule has 0 aromatic rings. The second kappa shape index (κ2) is 17.6. The van der Waals surface area contributed by atoms with Crippen LogP contribution in [0.3, 0.4) is 0 Å². The summed E-state index contributed by atoms with van der Waals surface area (Å²) in [4.78, 5) is 0. The average molecular weight is 803 g/mol. The summed E-state index contributed by atoms with van der Waals surface area (Å²) < 4.78 is 35.1. The van der Waals surface area contributed by atoms with Gasteiger partial charge in [-0.15, -0.1) is 0 Å². The van der Waals surface area contributed by atoms with Gasteiger partial charge in [0, 0.05) is 20.1 Å². The Morgan fingerprint density at radius 2 is 1.36 bits per heavy atom. The van der Waals surface area contributed by atoms with Crippen LogP contribution in [-0.2, 0) is 28.4 Å². The third-order valence-corrected chi connectivity index (χ3v) is 14.8. The smallest absolute Gasteiger partial charge is 0.187 e. The van der Waals surface area contributed by atoms with Gasteiger partial charge in [-0.05, 0) is 72.2 Å². The molecule has 6 aliphatic rings. The number of aliphatic hydroxyl groups is 9. The second-order valence-corrected chi connectivity index (χ2v) is 18.8. The van der Waals surface area contributed by atoms with E-state index >= 15 is 0 Å². The predicted octanol–water partition coefficient (Wildman–Crippen LogP) is 0.373. The van der Waals surface area contributed by atoms with Crippen molar-refractivity contribution < 1.29 is 74.4 Å². The van der Waals surface area contributed by atoms with Crippen LogP contribution in [-0.4, -0.2) is 165 Å². The third kappa shape index (κ3) is 7.91. The number of hydrogen-bond donors (Lipinski definition) is 9. The summed E-state index contributed by atoms with van der Waals surface area (Å²) in [5.74, 6) is -0.196. The van der Waals surface area contributed by atoms with Crippen molar-refractivity contribution in [1.29, 1.82) is 0 Å². The minimum atomic E-state index is -1.60. The van der Waals surface area contributed by atoms with Crippen molar-refractivity contribution in [3.8, 4) is 0 Å². The highest BCUT2D eigenvalue weighted by Crippen LogP contribution is 2.66. The third-order valence-electron chi connectivity index (χ3n) is 14.8. The number of fused-ring (bicyclic) bond motifs is 4. The molecule has 324 valence electrons. The van der Waals surface area contributed by atoms with Crippen LogP contribution in [0.15, 0.2) is 11.1 Å². The van der Waals surface area contributed by atoms with Gasteiger partial charge in [0.2, 0.25) is 0 Å². The topological polar surface area (TPSA) is 237 Å². The van der Waals surface area contributed by atoms with E-state index in [2.05, 4.69) is 34.6 Å². The Labute approximate surface area is 330 Å². The van der Waals surface area contributed by atoms with Crippen LogP contribution >= 0.6 is 0 Å². The van der Waals surface area contributed by atoms with Crippen molar-refractivity contribution in [3.63, 3.8) is 0 Å². The van der Waals surface area contributed by atoms with Gasteiger partial charge in [-0.3, -0.25) is 0 Å². The van der Waals surface area contributed by atoms with Crippen molar-refractivity contribution >= 4 is 0 Å². The van der Waals surface area contributed by atoms with Crippen molar-refractivity contribution in [2.75, 3.05) is 27.4 Å². The van der Waals surface area contributed by atoms with Gasteiger partial charge in [-0.2, -0.15) is 0 Å². The standard InChI is InChI=1S/C41H70O15/c1-18(2)9-8-10-19(3)27-25(15-21-26-20(11-13-41(21,27)5)40(4)14-12-22(42)29(45)28(40)31(47)30(26)46)53-39-34(50)37(36(55-39)24(44)17-52-7)56-38-33(49)32(48)35(54-38)23(43)16-51-6/h18-20,22-25,27-39,42-50H,8-17H2,1-7H3/t19-,20+,22+,23-,24-,25-,27+,28-,29+,30-,31+,32+,33-,34-,35+,36+,37+,38+,39-,40-,41+/m1/s1. The van der Waals surface area contributed by atoms with Crippen LogP contribution in [0.5, 0.6) is 0 Å². The summed E-state index contributed by atoms with van der Waals surface area (Å²) >= 11 is 0. The van der Waals surface area contributed by atoms with E-state index in [4.69, 9.17) is 28.4 Å². The molecule has 2 saturated heterocycles. The number of rotatable bonds is 15. The molecule has 56 heavy (non-hydrogen) atoms. The molecule has 0 amide bonds. The summed E-state index contributed by atoms with van der Waals surface area (Å²) in [6.45, 7) is 10.6. The molecular formula is C41H70O15. The zero-order valence-electron chi connectivity index (χ0n) is 34.1. The largest absolute Gasteiger partial charge is 0.390 e. The van der Waals surface area contributed by atoms with Gasteiger partial charge in [0.25, 0.3) is 0 Å². The maximum Gasteiger partial charge on any atom is 0.187 e. The van der Waals surface area contributed by atoms with Crippen LogP contribution in [0.4, 0.5) is 0 Å².